The second kappa shape index (κ2) is 11.1. The number of likely N-dealkylation sites (tertiary alicyclic amines) is 1. The average Bonchev–Trinajstić information content (AvgIpc) is 2.64. The van der Waals surface area contributed by atoms with Gasteiger partial charge in [0.15, 0.2) is 5.78 Å². The minimum Gasteiger partial charge on any atom is -0.412 e. The summed E-state index contributed by atoms with van der Waals surface area (Å²) in [6.07, 6.45) is 4.52. The van der Waals surface area contributed by atoms with Gasteiger partial charge in [-0.05, 0) is 56.5 Å². The van der Waals surface area contributed by atoms with Crippen molar-refractivity contribution in [2.45, 2.75) is 44.6 Å². The van der Waals surface area contributed by atoms with Gasteiger partial charge in [-0.15, -0.1) is 12.4 Å². The minimum absolute atomic E-state index is 0. The average molecular weight is 404 g/mol. The number of Topliss-reactive ketones (excluding diaryl/α,β-unsaturated/α-hetero) is 1. The fraction of sp³-hybridized carbons (Fsp3) is 0.650. The molecular weight excluding hydrogens is 373 g/mol. The second-order valence-corrected chi connectivity index (χ2v) is 7.18. The van der Waals surface area contributed by atoms with Crippen LogP contribution in [0, 0.1) is 11.7 Å². The predicted octanol–water partition coefficient (Wildman–Crippen LogP) is 3.25. The lowest BCUT2D eigenvalue weighted by Crippen LogP contribution is -2.54. The highest BCUT2D eigenvalue weighted by atomic mass is 35.5. The summed E-state index contributed by atoms with van der Waals surface area (Å²) in [5.74, 6) is 0.273. The molecule has 1 aromatic rings. The highest BCUT2D eigenvalue weighted by Gasteiger charge is 2.43. The van der Waals surface area contributed by atoms with Gasteiger partial charge in [-0.2, -0.15) is 0 Å². The Kier molecular flexibility index (Phi) is 9.84. The molecule has 0 aromatic heterocycles. The molecule has 5 nitrogen and oxygen atoms in total. The molecule has 0 amide bonds. The third-order valence-corrected chi connectivity index (χ3v) is 5.73. The van der Waals surface area contributed by atoms with Crippen LogP contribution in [0.4, 0.5) is 4.39 Å². The van der Waals surface area contributed by atoms with Crippen LogP contribution in [0.2, 0.25) is 0 Å². The van der Waals surface area contributed by atoms with Crippen LogP contribution in [0.3, 0.4) is 0 Å². The Bertz CT molecular complexity index is 576. The van der Waals surface area contributed by atoms with E-state index in [1.807, 2.05) is 0 Å². The molecule has 3 rings (SSSR count). The molecule has 2 fully saturated rings. The van der Waals surface area contributed by atoms with Gasteiger partial charge in [0.25, 0.3) is 0 Å². The first-order chi connectivity index (χ1) is 12.1. The summed E-state index contributed by atoms with van der Waals surface area (Å²) in [7, 11) is 0. The molecule has 1 aromatic carbocycles. The van der Waals surface area contributed by atoms with E-state index >= 15 is 0 Å². The molecule has 2 heterocycles. The number of nitrogens with zero attached hydrogens (tertiary/aromatic N) is 1. The van der Waals surface area contributed by atoms with Crippen molar-refractivity contribution in [2.24, 2.45) is 5.92 Å². The second-order valence-electron chi connectivity index (χ2n) is 7.18. The number of carbonyl (C=O) groups is 1. The van der Waals surface area contributed by atoms with Crippen LogP contribution in [0.25, 0.3) is 0 Å². The van der Waals surface area contributed by atoms with Crippen molar-refractivity contribution in [2.75, 3.05) is 33.0 Å². The zero-order chi connectivity index (χ0) is 17.7. The van der Waals surface area contributed by atoms with Gasteiger partial charge >= 0.3 is 0 Å². The Morgan fingerprint density at radius 1 is 1.26 bits per heavy atom. The molecule has 0 aliphatic carbocycles. The SMILES string of the molecule is CCC1COCOC12CCN(CCCC(=O)c1ccc(F)cc1)CC2.Cl.O. The molecule has 2 saturated heterocycles. The Hall–Kier alpha value is -1.05. The monoisotopic (exact) mass is 403 g/mol. The molecular formula is C20H31ClFNO4. The first-order valence-electron chi connectivity index (χ1n) is 9.36. The number of ether oxygens (including phenoxy) is 2. The van der Waals surface area contributed by atoms with E-state index in [9.17, 15) is 9.18 Å². The zero-order valence-corrected chi connectivity index (χ0v) is 16.7. The summed E-state index contributed by atoms with van der Waals surface area (Å²) in [5, 5.41) is 0. The molecule has 0 bridgehead atoms. The minimum atomic E-state index is -0.306. The lowest BCUT2D eigenvalue weighted by Gasteiger charge is -2.48. The van der Waals surface area contributed by atoms with Gasteiger partial charge in [0.1, 0.15) is 12.6 Å². The fourth-order valence-electron chi connectivity index (χ4n) is 4.06. The van der Waals surface area contributed by atoms with E-state index in [1.165, 1.54) is 12.1 Å². The topological polar surface area (TPSA) is 70.3 Å². The number of piperidine rings is 1. The highest BCUT2D eigenvalue weighted by molar-refractivity contribution is 5.95. The molecule has 1 unspecified atom stereocenters. The number of benzene rings is 1. The third kappa shape index (κ3) is 5.96. The maximum Gasteiger partial charge on any atom is 0.162 e. The van der Waals surface area contributed by atoms with Gasteiger partial charge in [-0.25, -0.2) is 4.39 Å². The van der Waals surface area contributed by atoms with Crippen LogP contribution < -0.4 is 0 Å². The van der Waals surface area contributed by atoms with Gasteiger partial charge in [0.2, 0.25) is 0 Å². The Labute approximate surface area is 166 Å². The molecule has 1 atom stereocenters. The van der Waals surface area contributed by atoms with Gasteiger partial charge in [-0.3, -0.25) is 4.79 Å². The van der Waals surface area contributed by atoms with E-state index in [1.54, 1.807) is 12.1 Å². The van der Waals surface area contributed by atoms with Crippen LogP contribution in [-0.2, 0) is 9.47 Å². The summed E-state index contributed by atoms with van der Waals surface area (Å²) in [6.45, 7) is 6.39. The van der Waals surface area contributed by atoms with Crippen LogP contribution in [-0.4, -0.2) is 54.8 Å². The maximum atomic E-state index is 12.9. The summed E-state index contributed by atoms with van der Waals surface area (Å²) < 4.78 is 24.4. The van der Waals surface area contributed by atoms with Crippen molar-refractivity contribution in [1.82, 2.24) is 4.90 Å². The van der Waals surface area contributed by atoms with E-state index in [4.69, 9.17) is 9.47 Å². The molecule has 1 spiro atoms. The molecule has 154 valence electrons. The lowest BCUT2D eigenvalue weighted by atomic mass is 9.77. The number of carbonyl (C=O) groups excluding carboxylic acids is 1. The summed E-state index contributed by atoms with van der Waals surface area (Å²) >= 11 is 0. The van der Waals surface area contributed by atoms with Gasteiger partial charge in [0, 0.05) is 31.0 Å². The molecule has 2 N–H and O–H groups in total. The van der Waals surface area contributed by atoms with Crippen molar-refractivity contribution in [3.8, 4) is 0 Å². The largest absolute Gasteiger partial charge is 0.412 e. The summed E-state index contributed by atoms with van der Waals surface area (Å²) in [6, 6.07) is 5.82. The van der Waals surface area contributed by atoms with Crippen molar-refractivity contribution < 1.29 is 24.1 Å². The van der Waals surface area contributed by atoms with Gasteiger partial charge < -0.3 is 19.8 Å². The van der Waals surface area contributed by atoms with Crippen LogP contribution >= 0.6 is 12.4 Å². The van der Waals surface area contributed by atoms with E-state index < -0.39 is 0 Å². The molecule has 0 saturated carbocycles. The van der Waals surface area contributed by atoms with Crippen molar-refractivity contribution >= 4 is 18.2 Å². The molecule has 2 aliphatic heterocycles. The van der Waals surface area contributed by atoms with Crippen molar-refractivity contribution in [3.63, 3.8) is 0 Å². The maximum absolute atomic E-state index is 12.9. The lowest BCUT2D eigenvalue weighted by molar-refractivity contribution is -0.240. The van der Waals surface area contributed by atoms with Crippen molar-refractivity contribution in [1.29, 1.82) is 0 Å². The molecule has 2 aliphatic rings. The number of ketones is 1. The normalized spacial score (nSPS) is 21.9. The predicted molar refractivity (Wildman–Crippen MR) is 105 cm³/mol. The highest BCUT2D eigenvalue weighted by Crippen LogP contribution is 2.38. The van der Waals surface area contributed by atoms with E-state index in [-0.39, 0.29) is 35.1 Å². The van der Waals surface area contributed by atoms with Gasteiger partial charge in [-0.1, -0.05) is 6.92 Å². The Morgan fingerprint density at radius 2 is 1.93 bits per heavy atom. The standard InChI is InChI=1S/C20H28FNO3.ClH.H2O/c1-2-17-14-24-15-25-20(17)9-12-22(13-10-20)11-3-4-19(23)16-5-7-18(21)8-6-16;;/h5-8,17H,2-4,9-15H2,1H3;1H;1H2. The first kappa shape index (κ1) is 24.0. The van der Waals surface area contributed by atoms with Crippen LogP contribution in [0.5, 0.6) is 0 Å². The van der Waals surface area contributed by atoms with Crippen LogP contribution in [0.1, 0.15) is 49.4 Å². The van der Waals surface area contributed by atoms with E-state index in [2.05, 4.69) is 11.8 Å². The summed E-state index contributed by atoms with van der Waals surface area (Å²) in [4.78, 5) is 14.6. The zero-order valence-electron chi connectivity index (χ0n) is 15.9. The fourth-order valence-corrected chi connectivity index (χ4v) is 4.06. The smallest absolute Gasteiger partial charge is 0.162 e. The number of hydrogen-bond donors (Lipinski definition) is 0. The molecule has 7 heteroatoms. The molecule has 0 radical (unpaired) electrons. The number of halogens is 2. The van der Waals surface area contributed by atoms with E-state index in [0.29, 0.717) is 24.7 Å². The number of hydrogen-bond acceptors (Lipinski definition) is 4. The van der Waals surface area contributed by atoms with Gasteiger partial charge in [0.05, 0.1) is 12.2 Å². The quantitative estimate of drug-likeness (QED) is 0.683. The first-order valence-corrected chi connectivity index (χ1v) is 9.36. The Morgan fingerprint density at radius 3 is 2.56 bits per heavy atom. The Balaban J connectivity index is 0.00000182. The third-order valence-electron chi connectivity index (χ3n) is 5.73. The summed E-state index contributed by atoms with van der Waals surface area (Å²) in [5.41, 5.74) is 0.591. The molecule has 27 heavy (non-hydrogen) atoms. The number of rotatable bonds is 6. The van der Waals surface area contributed by atoms with Crippen LogP contribution in [0.15, 0.2) is 24.3 Å². The van der Waals surface area contributed by atoms with E-state index in [0.717, 1.165) is 51.9 Å². The van der Waals surface area contributed by atoms with Crippen molar-refractivity contribution in [3.05, 3.63) is 35.6 Å².